The van der Waals surface area contributed by atoms with Crippen molar-refractivity contribution in [1.82, 2.24) is 9.97 Å². The van der Waals surface area contributed by atoms with Gasteiger partial charge >= 0.3 is 0 Å². The summed E-state index contributed by atoms with van der Waals surface area (Å²) in [6, 6.07) is 13.6. The minimum Gasteiger partial charge on any atom is -0.380 e. The zero-order valence-corrected chi connectivity index (χ0v) is 11.3. The summed E-state index contributed by atoms with van der Waals surface area (Å²) in [5.74, 6) is -0.492. The number of rotatable bonds is 4. The average molecular weight is 278 g/mol. The summed E-state index contributed by atoms with van der Waals surface area (Å²) in [5.41, 5.74) is 8.38. The molecule has 0 radical (unpaired) electrons. The Balaban J connectivity index is 1.96. The second-order valence-corrected chi connectivity index (χ2v) is 4.65. The molecule has 0 bridgehead atoms. The number of nitrogens with one attached hydrogen (secondary N) is 1. The molecule has 0 aliphatic rings. The minimum atomic E-state index is -0.492. The van der Waals surface area contributed by atoms with E-state index < -0.39 is 5.91 Å². The van der Waals surface area contributed by atoms with Gasteiger partial charge in [-0.15, -0.1) is 0 Å². The molecule has 0 saturated carbocycles. The third kappa shape index (κ3) is 2.67. The van der Waals surface area contributed by atoms with E-state index in [2.05, 4.69) is 15.3 Å². The Morgan fingerprint density at radius 2 is 1.95 bits per heavy atom. The topological polar surface area (TPSA) is 80.9 Å². The van der Waals surface area contributed by atoms with E-state index in [1.807, 2.05) is 36.4 Å². The summed E-state index contributed by atoms with van der Waals surface area (Å²) in [6.07, 6.45) is 3.10. The molecule has 0 fully saturated rings. The highest BCUT2D eigenvalue weighted by atomic mass is 16.1. The van der Waals surface area contributed by atoms with Gasteiger partial charge in [0.25, 0.3) is 5.91 Å². The first-order chi connectivity index (χ1) is 10.3. The van der Waals surface area contributed by atoms with E-state index in [1.165, 1.54) is 11.9 Å². The first kappa shape index (κ1) is 13.1. The lowest BCUT2D eigenvalue weighted by molar-refractivity contribution is 0.100. The van der Waals surface area contributed by atoms with Gasteiger partial charge in [0, 0.05) is 23.8 Å². The predicted octanol–water partition coefficient (Wildman–Crippen LogP) is 2.34. The van der Waals surface area contributed by atoms with Crippen molar-refractivity contribution in [2.45, 2.75) is 6.54 Å². The van der Waals surface area contributed by atoms with Crippen LogP contribution in [0, 0.1) is 0 Å². The molecular weight excluding hydrogens is 264 g/mol. The smallest absolute Gasteiger partial charge is 0.250 e. The molecule has 3 N–H and O–H groups in total. The van der Waals surface area contributed by atoms with Crippen LogP contribution in [0.25, 0.3) is 10.9 Å². The van der Waals surface area contributed by atoms with Gasteiger partial charge in [-0.2, -0.15) is 0 Å². The molecule has 0 saturated heterocycles. The maximum absolute atomic E-state index is 11.4. The van der Waals surface area contributed by atoms with Gasteiger partial charge in [0.1, 0.15) is 6.33 Å². The van der Waals surface area contributed by atoms with Gasteiger partial charge < -0.3 is 11.1 Å². The summed E-state index contributed by atoms with van der Waals surface area (Å²) in [7, 11) is 0. The van der Waals surface area contributed by atoms with Crippen molar-refractivity contribution >= 4 is 22.5 Å². The molecule has 0 unspecified atom stereocenters. The van der Waals surface area contributed by atoms with Gasteiger partial charge in [0.15, 0.2) is 0 Å². The molecular formula is C16H14N4O. The Labute approximate surface area is 121 Å². The van der Waals surface area contributed by atoms with Gasteiger partial charge in [0.05, 0.1) is 11.1 Å². The van der Waals surface area contributed by atoms with Crippen molar-refractivity contribution in [2.75, 3.05) is 5.32 Å². The summed E-state index contributed by atoms with van der Waals surface area (Å²) >= 11 is 0. The van der Waals surface area contributed by atoms with Crippen molar-refractivity contribution in [1.29, 1.82) is 0 Å². The third-order valence-electron chi connectivity index (χ3n) is 3.27. The van der Waals surface area contributed by atoms with Gasteiger partial charge in [-0.3, -0.25) is 4.79 Å². The lowest BCUT2D eigenvalue weighted by Gasteiger charge is -2.11. The molecule has 2 aromatic carbocycles. The van der Waals surface area contributed by atoms with Gasteiger partial charge in [-0.25, -0.2) is 9.97 Å². The molecule has 1 aromatic heterocycles. The number of aromatic nitrogens is 2. The number of hydrogen-bond acceptors (Lipinski definition) is 4. The van der Waals surface area contributed by atoms with Gasteiger partial charge in [-0.1, -0.05) is 30.3 Å². The maximum Gasteiger partial charge on any atom is 0.250 e. The first-order valence-corrected chi connectivity index (χ1v) is 6.56. The third-order valence-corrected chi connectivity index (χ3v) is 3.27. The molecule has 3 rings (SSSR count). The molecule has 1 amide bonds. The van der Waals surface area contributed by atoms with Crippen LogP contribution in [-0.4, -0.2) is 15.9 Å². The monoisotopic (exact) mass is 278 g/mol. The SMILES string of the molecule is NC(=O)c1ccc(NCc2ccccc2)c2cncnc12. The Hall–Kier alpha value is -2.95. The number of anilines is 1. The Kier molecular flexibility index (Phi) is 3.47. The number of carbonyl (C=O) groups excluding carboxylic acids is 1. The lowest BCUT2D eigenvalue weighted by Crippen LogP contribution is -2.12. The van der Waals surface area contributed by atoms with Crippen LogP contribution in [0.2, 0.25) is 0 Å². The molecule has 0 atom stereocenters. The maximum atomic E-state index is 11.4. The van der Waals surface area contributed by atoms with Crippen molar-refractivity contribution < 1.29 is 4.79 Å². The molecule has 0 aliphatic heterocycles. The summed E-state index contributed by atoms with van der Waals surface area (Å²) < 4.78 is 0. The summed E-state index contributed by atoms with van der Waals surface area (Å²) in [6.45, 7) is 0.681. The van der Waals surface area contributed by atoms with E-state index in [1.54, 1.807) is 12.3 Å². The van der Waals surface area contributed by atoms with Crippen LogP contribution in [-0.2, 0) is 6.54 Å². The van der Waals surface area contributed by atoms with E-state index in [0.717, 1.165) is 11.1 Å². The number of amides is 1. The number of fused-ring (bicyclic) bond motifs is 1. The minimum absolute atomic E-state index is 0.401. The highest BCUT2D eigenvalue weighted by Gasteiger charge is 2.11. The van der Waals surface area contributed by atoms with Crippen LogP contribution in [0.3, 0.4) is 0 Å². The fourth-order valence-corrected chi connectivity index (χ4v) is 2.22. The zero-order chi connectivity index (χ0) is 14.7. The molecule has 1 heterocycles. The van der Waals surface area contributed by atoms with Crippen LogP contribution >= 0.6 is 0 Å². The van der Waals surface area contributed by atoms with Crippen LogP contribution in [0.5, 0.6) is 0 Å². The Bertz CT molecular complexity index is 787. The molecule has 3 aromatic rings. The first-order valence-electron chi connectivity index (χ1n) is 6.56. The molecule has 0 spiro atoms. The second-order valence-electron chi connectivity index (χ2n) is 4.65. The number of hydrogen-bond donors (Lipinski definition) is 2. The lowest BCUT2D eigenvalue weighted by atomic mass is 10.1. The number of nitrogens with two attached hydrogens (primary N) is 1. The van der Waals surface area contributed by atoms with Gasteiger partial charge in [-0.05, 0) is 17.7 Å². The quantitative estimate of drug-likeness (QED) is 0.767. The molecule has 5 nitrogen and oxygen atoms in total. The van der Waals surface area contributed by atoms with E-state index in [0.29, 0.717) is 17.6 Å². The number of primary amides is 1. The van der Waals surface area contributed by atoms with Crippen LogP contribution in [0.1, 0.15) is 15.9 Å². The highest BCUT2D eigenvalue weighted by Crippen LogP contribution is 2.24. The van der Waals surface area contributed by atoms with E-state index >= 15 is 0 Å². The van der Waals surface area contributed by atoms with Crippen molar-refractivity contribution in [3.63, 3.8) is 0 Å². The largest absolute Gasteiger partial charge is 0.380 e. The van der Waals surface area contributed by atoms with Crippen molar-refractivity contribution in [3.05, 3.63) is 66.1 Å². The van der Waals surface area contributed by atoms with Crippen molar-refractivity contribution in [3.8, 4) is 0 Å². The molecule has 0 aliphatic carbocycles. The van der Waals surface area contributed by atoms with Crippen LogP contribution in [0.15, 0.2) is 55.0 Å². The Morgan fingerprint density at radius 3 is 2.71 bits per heavy atom. The Morgan fingerprint density at radius 1 is 1.14 bits per heavy atom. The fourth-order valence-electron chi connectivity index (χ4n) is 2.22. The van der Waals surface area contributed by atoms with E-state index in [9.17, 15) is 4.79 Å². The van der Waals surface area contributed by atoms with Crippen LogP contribution < -0.4 is 11.1 Å². The van der Waals surface area contributed by atoms with Crippen molar-refractivity contribution in [2.24, 2.45) is 5.73 Å². The highest BCUT2D eigenvalue weighted by molar-refractivity contribution is 6.07. The standard InChI is InChI=1S/C16H14N4O/c17-16(21)12-6-7-14(13-9-18-10-20-15(12)13)19-8-11-4-2-1-3-5-11/h1-7,9-10,19H,8H2,(H2,17,21). The number of carbonyl (C=O) groups is 1. The van der Waals surface area contributed by atoms with Crippen LogP contribution in [0.4, 0.5) is 5.69 Å². The van der Waals surface area contributed by atoms with E-state index in [4.69, 9.17) is 5.73 Å². The second kappa shape index (κ2) is 5.58. The zero-order valence-electron chi connectivity index (χ0n) is 11.3. The molecule has 21 heavy (non-hydrogen) atoms. The number of nitrogens with zero attached hydrogens (tertiary/aromatic N) is 2. The fraction of sp³-hybridized carbons (Fsp3) is 0.0625. The van der Waals surface area contributed by atoms with Gasteiger partial charge in [0.2, 0.25) is 0 Å². The van der Waals surface area contributed by atoms with E-state index in [-0.39, 0.29) is 0 Å². The molecule has 5 heteroatoms. The molecule has 104 valence electrons. The predicted molar refractivity (Wildman–Crippen MR) is 81.8 cm³/mol. The number of benzene rings is 2. The summed E-state index contributed by atoms with van der Waals surface area (Å²) in [4.78, 5) is 19.6. The average Bonchev–Trinajstić information content (AvgIpc) is 2.53. The summed E-state index contributed by atoms with van der Waals surface area (Å²) in [5, 5.41) is 4.12. The normalized spacial score (nSPS) is 10.5.